The van der Waals surface area contributed by atoms with Gasteiger partial charge in [0.15, 0.2) is 0 Å². The molecule has 1 unspecified atom stereocenters. The minimum absolute atomic E-state index is 0.00964. The van der Waals surface area contributed by atoms with Crippen molar-refractivity contribution < 1.29 is 18.7 Å². The van der Waals surface area contributed by atoms with Gasteiger partial charge in [0.05, 0.1) is 11.8 Å². The van der Waals surface area contributed by atoms with E-state index in [-0.39, 0.29) is 12.3 Å². The smallest absolute Gasteiger partial charge is 0.303 e. The van der Waals surface area contributed by atoms with Gasteiger partial charge < -0.3 is 14.2 Å². The van der Waals surface area contributed by atoms with Crippen LogP contribution in [0.25, 0.3) is 16.6 Å². The third-order valence-electron chi connectivity index (χ3n) is 6.12. The van der Waals surface area contributed by atoms with E-state index in [1.54, 1.807) is 12.5 Å². The molecule has 158 valence electrons. The summed E-state index contributed by atoms with van der Waals surface area (Å²) in [6.07, 6.45) is 7.24. The third kappa shape index (κ3) is 3.60. The quantitative estimate of drug-likeness (QED) is 0.507. The van der Waals surface area contributed by atoms with E-state index >= 15 is 0 Å². The lowest BCUT2D eigenvalue weighted by molar-refractivity contribution is -0.138. The molecule has 31 heavy (non-hydrogen) atoms. The first-order valence-electron chi connectivity index (χ1n) is 10.3. The number of imidazole rings is 1. The number of rotatable bonds is 5. The molecule has 5 rings (SSSR count). The van der Waals surface area contributed by atoms with Crippen molar-refractivity contribution >= 4 is 16.9 Å². The second kappa shape index (κ2) is 7.65. The summed E-state index contributed by atoms with van der Waals surface area (Å²) >= 11 is 0. The van der Waals surface area contributed by atoms with E-state index in [1.807, 2.05) is 39.6 Å². The number of fused-ring (bicyclic) bond motifs is 3. The van der Waals surface area contributed by atoms with Crippen LogP contribution in [0, 0.1) is 17.6 Å². The van der Waals surface area contributed by atoms with Crippen molar-refractivity contribution in [2.24, 2.45) is 5.92 Å². The summed E-state index contributed by atoms with van der Waals surface area (Å²) in [5, 5.41) is 9.81. The molecule has 2 aromatic carbocycles. The van der Waals surface area contributed by atoms with Gasteiger partial charge in [0.1, 0.15) is 11.6 Å². The molecule has 0 radical (unpaired) electrons. The summed E-state index contributed by atoms with van der Waals surface area (Å²) in [6, 6.07) is 10.2. The Morgan fingerprint density at radius 3 is 2.71 bits per heavy atom. The average molecular weight is 421 g/mol. The highest BCUT2D eigenvalue weighted by molar-refractivity contribution is 5.86. The first kappa shape index (κ1) is 19.5. The molecular weight excluding hydrogens is 400 g/mol. The number of hydrogen-bond donors (Lipinski definition) is 1. The largest absolute Gasteiger partial charge is 0.481 e. The lowest BCUT2D eigenvalue weighted by atomic mass is 9.85. The number of aliphatic carboxylic acids is 1. The first-order valence-corrected chi connectivity index (χ1v) is 10.3. The Morgan fingerprint density at radius 2 is 2.00 bits per heavy atom. The van der Waals surface area contributed by atoms with Gasteiger partial charge in [-0.2, -0.15) is 0 Å². The predicted molar refractivity (Wildman–Crippen MR) is 112 cm³/mol. The van der Waals surface area contributed by atoms with Crippen LogP contribution in [0.2, 0.25) is 0 Å². The summed E-state index contributed by atoms with van der Waals surface area (Å²) in [5.74, 6) is -2.02. The number of carboxylic acid groups (broad SMARTS) is 1. The van der Waals surface area contributed by atoms with Gasteiger partial charge >= 0.3 is 5.97 Å². The summed E-state index contributed by atoms with van der Waals surface area (Å²) in [6.45, 7) is 0.429. The zero-order valence-corrected chi connectivity index (χ0v) is 16.8. The Labute approximate surface area is 177 Å². The fraction of sp³-hybridized carbons (Fsp3) is 0.250. The SMILES string of the molecule is O=C(O)CC1CCc2c(n(Cc3ccc(-n4ccnc4)cc3)c3c(F)cc(F)cc23)C1. The highest BCUT2D eigenvalue weighted by atomic mass is 19.1. The Hall–Kier alpha value is -3.48. The molecular formula is C24H21F2N3O2. The van der Waals surface area contributed by atoms with Crippen LogP contribution < -0.4 is 0 Å². The van der Waals surface area contributed by atoms with Gasteiger partial charge in [0.2, 0.25) is 0 Å². The van der Waals surface area contributed by atoms with Crippen LogP contribution in [0.4, 0.5) is 8.78 Å². The number of aryl methyl sites for hydroxylation is 1. The number of carbonyl (C=O) groups is 1. The maximum atomic E-state index is 14.9. The van der Waals surface area contributed by atoms with Crippen LogP contribution in [0.5, 0.6) is 0 Å². The minimum atomic E-state index is -0.830. The molecule has 0 saturated carbocycles. The molecule has 0 aliphatic heterocycles. The predicted octanol–water partition coefficient (Wildman–Crippen LogP) is 4.73. The van der Waals surface area contributed by atoms with Crippen molar-refractivity contribution in [1.82, 2.24) is 14.1 Å². The lowest BCUT2D eigenvalue weighted by Crippen LogP contribution is -2.20. The van der Waals surface area contributed by atoms with Gasteiger partial charge in [0.25, 0.3) is 0 Å². The van der Waals surface area contributed by atoms with Crippen LogP contribution in [0.3, 0.4) is 0 Å². The Morgan fingerprint density at radius 1 is 1.19 bits per heavy atom. The summed E-state index contributed by atoms with van der Waals surface area (Å²) < 4.78 is 32.7. The topological polar surface area (TPSA) is 60.0 Å². The minimum Gasteiger partial charge on any atom is -0.481 e. The fourth-order valence-corrected chi connectivity index (χ4v) is 4.72. The van der Waals surface area contributed by atoms with Crippen molar-refractivity contribution in [2.75, 3.05) is 0 Å². The van der Waals surface area contributed by atoms with Crippen LogP contribution >= 0.6 is 0 Å². The summed E-state index contributed by atoms with van der Waals surface area (Å²) in [5.41, 5.74) is 4.19. The molecule has 0 saturated heterocycles. The first-order chi connectivity index (χ1) is 15.0. The number of benzene rings is 2. The second-order valence-corrected chi connectivity index (χ2v) is 8.14. The third-order valence-corrected chi connectivity index (χ3v) is 6.12. The van der Waals surface area contributed by atoms with E-state index in [1.165, 1.54) is 6.07 Å². The van der Waals surface area contributed by atoms with Crippen molar-refractivity contribution in [3.63, 3.8) is 0 Å². The number of aromatic nitrogens is 3. The normalized spacial score (nSPS) is 15.9. The van der Waals surface area contributed by atoms with E-state index in [4.69, 9.17) is 0 Å². The zero-order chi connectivity index (χ0) is 21.5. The highest BCUT2D eigenvalue weighted by Crippen LogP contribution is 2.37. The fourth-order valence-electron chi connectivity index (χ4n) is 4.72. The summed E-state index contributed by atoms with van der Waals surface area (Å²) in [4.78, 5) is 15.3. The van der Waals surface area contributed by atoms with Crippen LogP contribution in [-0.2, 0) is 24.2 Å². The van der Waals surface area contributed by atoms with Crippen molar-refractivity contribution in [1.29, 1.82) is 0 Å². The standard InChI is InChI=1S/C24H21F2N3O2/c25-17-11-20-19-6-3-16(10-23(30)31)9-22(19)29(24(20)21(26)12-17)13-15-1-4-18(5-2-15)28-8-7-27-14-28/h1-2,4-5,7-8,11-12,14,16H,3,6,9-10,13H2,(H,30,31). The maximum Gasteiger partial charge on any atom is 0.303 e. The Bertz CT molecular complexity index is 1260. The number of halogens is 2. The average Bonchev–Trinajstić information content (AvgIpc) is 3.36. The monoisotopic (exact) mass is 421 g/mol. The maximum absolute atomic E-state index is 14.9. The molecule has 0 fully saturated rings. The molecule has 2 aromatic heterocycles. The highest BCUT2D eigenvalue weighted by Gasteiger charge is 2.28. The van der Waals surface area contributed by atoms with Crippen LogP contribution in [0.15, 0.2) is 55.1 Å². The van der Waals surface area contributed by atoms with Gasteiger partial charge in [0, 0.05) is 48.2 Å². The van der Waals surface area contributed by atoms with Crippen molar-refractivity contribution in [2.45, 2.75) is 32.2 Å². The van der Waals surface area contributed by atoms with Crippen molar-refractivity contribution in [3.05, 3.63) is 83.6 Å². The molecule has 2 heterocycles. The van der Waals surface area contributed by atoms with Gasteiger partial charge in [-0.3, -0.25) is 4.79 Å². The molecule has 0 bridgehead atoms. The molecule has 1 atom stereocenters. The van der Waals surface area contributed by atoms with Gasteiger partial charge in [-0.05, 0) is 54.5 Å². The lowest BCUT2D eigenvalue weighted by Gasteiger charge is -2.23. The zero-order valence-electron chi connectivity index (χ0n) is 16.8. The Balaban J connectivity index is 1.56. The van der Waals surface area contributed by atoms with E-state index in [0.717, 1.165) is 28.6 Å². The van der Waals surface area contributed by atoms with Crippen molar-refractivity contribution in [3.8, 4) is 5.69 Å². The van der Waals surface area contributed by atoms with E-state index < -0.39 is 17.6 Å². The summed E-state index contributed by atoms with van der Waals surface area (Å²) in [7, 11) is 0. The number of nitrogens with zero attached hydrogens (tertiary/aromatic N) is 3. The van der Waals surface area contributed by atoms with E-state index in [9.17, 15) is 18.7 Å². The second-order valence-electron chi connectivity index (χ2n) is 8.14. The molecule has 7 heteroatoms. The van der Waals surface area contributed by atoms with E-state index in [2.05, 4.69) is 4.98 Å². The van der Waals surface area contributed by atoms with Gasteiger partial charge in [-0.15, -0.1) is 0 Å². The van der Waals surface area contributed by atoms with Crippen LogP contribution in [0.1, 0.15) is 29.7 Å². The molecule has 1 aliphatic rings. The number of carboxylic acids is 1. The van der Waals surface area contributed by atoms with Gasteiger partial charge in [-0.25, -0.2) is 13.8 Å². The molecule has 0 amide bonds. The molecule has 0 spiro atoms. The molecule has 4 aromatic rings. The Kier molecular flexibility index (Phi) is 4.81. The molecule has 1 aliphatic carbocycles. The van der Waals surface area contributed by atoms with E-state index in [0.29, 0.717) is 36.7 Å². The molecule has 1 N–H and O–H groups in total. The van der Waals surface area contributed by atoms with Gasteiger partial charge in [-0.1, -0.05) is 12.1 Å². The number of hydrogen-bond acceptors (Lipinski definition) is 2. The van der Waals surface area contributed by atoms with Crippen LogP contribution in [-0.4, -0.2) is 25.2 Å². The molecule has 5 nitrogen and oxygen atoms in total.